The van der Waals surface area contributed by atoms with Gasteiger partial charge >= 0.3 is 5.97 Å². The summed E-state index contributed by atoms with van der Waals surface area (Å²) in [5, 5.41) is 19.9. The third-order valence-corrected chi connectivity index (χ3v) is 8.87. The number of carboxylic acid groups (broad SMARTS) is 1. The zero-order chi connectivity index (χ0) is 25.8. The van der Waals surface area contributed by atoms with Crippen LogP contribution in [0.1, 0.15) is 63.7 Å². The first kappa shape index (κ1) is 23.6. The van der Waals surface area contributed by atoms with Crippen LogP contribution >= 0.6 is 11.3 Å². The smallest absolute Gasteiger partial charge is 0.309 e. The minimum absolute atomic E-state index is 0.447. The molecule has 0 radical (unpaired) electrons. The van der Waals surface area contributed by atoms with Crippen LogP contribution in [0.15, 0.2) is 53.5 Å². The van der Waals surface area contributed by atoms with Gasteiger partial charge in [-0.25, -0.2) is 0 Å². The van der Waals surface area contributed by atoms with E-state index < -0.39 is 17.9 Å². The number of carboxylic acids is 1. The number of benzene rings is 2. The maximum atomic E-state index is 12.3. The molecular weight excluding hydrogens is 482 g/mol. The number of nitrogens with zero attached hydrogens (tertiary/aromatic N) is 5. The molecule has 4 heterocycles. The lowest BCUT2D eigenvalue weighted by Gasteiger charge is -2.20. The summed E-state index contributed by atoms with van der Waals surface area (Å²) in [4.78, 5) is 21.0. The number of aromatic nitrogens is 3. The van der Waals surface area contributed by atoms with E-state index in [1.807, 2.05) is 18.4 Å². The fraction of sp³-hybridized carbons (Fsp3) is 0.310. The first-order valence-electron chi connectivity index (χ1n) is 12.6. The van der Waals surface area contributed by atoms with Crippen LogP contribution in [0.5, 0.6) is 0 Å². The molecule has 37 heavy (non-hydrogen) atoms. The molecule has 0 saturated heterocycles. The molecule has 0 saturated carbocycles. The number of carbonyl (C=O) groups is 1. The van der Waals surface area contributed by atoms with Crippen molar-refractivity contribution in [3.63, 3.8) is 0 Å². The summed E-state index contributed by atoms with van der Waals surface area (Å²) in [5.74, 6) is -0.237. The van der Waals surface area contributed by atoms with E-state index in [0.29, 0.717) is 12.2 Å². The Hall–Kier alpha value is -3.78. The molecule has 2 aromatic heterocycles. The van der Waals surface area contributed by atoms with E-state index in [2.05, 4.69) is 77.5 Å². The van der Waals surface area contributed by atoms with Gasteiger partial charge in [-0.05, 0) is 56.0 Å². The van der Waals surface area contributed by atoms with Crippen LogP contribution in [0.2, 0.25) is 0 Å². The SMILES string of the molecule is CCC(C(=O)O)[C@@H]1N=C(c2ccc(N3Cc4ccccc4C3)cc2)c2c(sc(C)c2C)-n2c(C)nnc21. The Balaban J connectivity index is 1.47. The Kier molecular flexibility index (Phi) is 5.71. The molecule has 1 N–H and O–H groups in total. The molecule has 0 amide bonds. The first-order chi connectivity index (χ1) is 17.9. The molecule has 2 atom stereocenters. The molecule has 7 nitrogen and oxygen atoms in total. The molecule has 0 bridgehead atoms. The fourth-order valence-electron chi connectivity index (χ4n) is 5.50. The molecule has 0 aliphatic carbocycles. The zero-order valence-electron chi connectivity index (χ0n) is 21.4. The first-order valence-corrected chi connectivity index (χ1v) is 13.4. The molecule has 188 valence electrons. The van der Waals surface area contributed by atoms with E-state index in [1.165, 1.54) is 16.0 Å². The number of aliphatic carboxylic acids is 1. The largest absolute Gasteiger partial charge is 0.481 e. The van der Waals surface area contributed by atoms with Gasteiger partial charge in [0.2, 0.25) is 0 Å². The van der Waals surface area contributed by atoms with Gasteiger partial charge in [0, 0.05) is 34.8 Å². The van der Waals surface area contributed by atoms with Crippen LogP contribution in [0, 0.1) is 26.7 Å². The summed E-state index contributed by atoms with van der Waals surface area (Å²) >= 11 is 1.68. The van der Waals surface area contributed by atoms with Crippen LogP contribution in [0.25, 0.3) is 5.00 Å². The van der Waals surface area contributed by atoms with Crippen molar-refractivity contribution >= 4 is 28.7 Å². The highest BCUT2D eigenvalue weighted by Gasteiger charge is 2.37. The van der Waals surface area contributed by atoms with Crippen molar-refractivity contribution in [3.8, 4) is 5.00 Å². The molecular formula is C29H29N5O2S. The molecule has 2 aromatic carbocycles. The van der Waals surface area contributed by atoms with Gasteiger partial charge in [0.25, 0.3) is 0 Å². The van der Waals surface area contributed by atoms with Crippen molar-refractivity contribution in [2.24, 2.45) is 10.9 Å². The normalized spacial score (nSPS) is 17.0. The minimum Gasteiger partial charge on any atom is -0.481 e. The molecule has 8 heteroatoms. The summed E-state index contributed by atoms with van der Waals surface area (Å²) in [6.07, 6.45) is 0.447. The van der Waals surface area contributed by atoms with Gasteiger partial charge < -0.3 is 10.0 Å². The van der Waals surface area contributed by atoms with Gasteiger partial charge in [-0.3, -0.25) is 14.4 Å². The molecule has 1 unspecified atom stereocenters. The van der Waals surface area contributed by atoms with E-state index >= 15 is 0 Å². The van der Waals surface area contributed by atoms with Crippen molar-refractivity contribution in [2.75, 3.05) is 4.90 Å². The molecule has 2 aliphatic heterocycles. The van der Waals surface area contributed by atoms with Gasteiger partial charge in [-0.15, -0.1) is 21.5 Å². The number of anilines is 1. The van der Waals surface area contributed by atoms with E-state index in [-0.39, 0.29) is 0 Å². The Morgan fingerprint density at radius 2 is 1.73 bits per heavy atom. The average molecular weight is 512 g/mol. The van der Waals surface area contributed by atoms with Crippen LogP contribution < -0.4 is 4.90 Å². The molecule has 4 aromatic rings. The van der Waals surface area contributed by atoms with Crippen molar-refractivity contribution in [3.05, 3.63) is 92.9 Å². The maximum Gasteiger partial charge on any atom is 0.309 e. The summed E-state index contributed by atoms with van der Waals surface area (Å²) in [6.45, 7) is 9.83. The highest BCUT2D eigenvalue weighted by atomic mass is 32.1. The van der Waals surface area contributed by atoms with Crippen molar-refractivity contribution in [1.29, 1.82) is 0 Å². The van der Waals surface area contributed by atoms with E-state index in [4.69, 9.17) is 4.99 Å². The Morgan fingerprint density at radius 1 is 1.05 bits per heavy atom. The van der Waals surface area contributed by atoms with Gasteiger partial charge in [-0.1, -0.05) is 43.3 Å². The Morgan fingerprint density at radius 3 is 2.35 bits per heavy atom. The Labute approximate surface area is 220 Å². The third kappa shape index (κ3) is 3.78. The lowest BCUT2D eigenvalue weighted by molar-refractivity contribution is -0.142. The van der Waals surface area contributed by atoms with Gasteiger partial charge in [-0.2, -0.15) is 0 Å². The van der Waals surface area contributed by atoms with Gasteiger partial charge in [0.15, 0.2) is 5.82 Å². The van der Waals surface area contributed by atoms with Gasteiger partial charge in [0.1, 0.15) is 16.9 Å². The summed E-state index contributed by atoms with van der Waals surface area (Å²) in [6, 6.07) is 16.5. The van der Waals surface area contributed by atoms with E-state index in [9.17, 15) is 9.90 Å². The Bertz CT molecular complexity index is 1520. The number of thiophene rings is 1. The van der Waals surface area contributed by atoms with Crippen LogP contribution in [-0.4, -0.2) is 31.6 Å². The minimum atomic E-state index is -0.870. The second kappa shape index (κ2) is 8.95. The monoisotopic (exact) mass is 511 g/mol. The molecule has 0 fully saturated rings. The van der Waals surface area contributed by atoms with Crippen LogP contribution in [0.3, 0.4) is 0 Å². The summed E-state index contributed by atoms with van der Waals surface area (Å²) < 4.78 is 2.02. The highest BCUT2D eigenvalue weighted by molar-refractivity contribution is 7.15. The van der Waals surface area contributed by atoms with E-state index in [0.717, 1.165) is 52.0 Å². The topological polar surface area (TPSA) is 83.6 Å². The molecule has 6 rings (SSSR count). The number of aliphatic imine (C=N–C) groups is 1. The molecule has 0 spiro atoms. The predicted octanol–water partition coefficient (Wildman–Crippen LogP) is 5.78. The second-order valence-corrected chi connectivity index (χ2v) is 11.1. The standard InChI is InChI=1S/C29H29N5O2S/c1-5-23(29(35)36)26-27-32-31-18(4)34(27)28-24(16(2)17(3)37-28)25(30-26)19-10-12-22(13-11-19)33-14-20-8-6-7-9-21(20)15-33/h6-13,23,26H,5,14-15H2,1-4H3,(H,35,36)/t23?,26-/m0/s1. The lowest BCUT2D eigenvalue weighted by Crippen LogP contribution is -2.23. The number of hydrogen-bond acceptors (Lipinski definition) is 6. The predicted molar refractivity (Wildman–Crippen MR) is 146 cm³/mol. The van der Waals surface area contributed by atoms with Crippen LogP contribution in [-0.2, 0) is 17.9 Å². The second-order valence-electron chi connectivity index (χ2n) is 9.85. The van der Waals surface area contributed by atoms with Crippen molar-refractivity contribution in [2.45, 2.75) is 53.2 Å². The lowest BCUT2D eigenvalue weighted by atomic mass is 9.95. The summed E-state index contributed by atoms with van der Waals surface area (Å²) in [7, 11) is 0. The fourth-order valence-corrected chi connectivity index (χ4v) is 6.71. The summed E-state index contributed by atoms with van der Waals surface area (Å²) in [5.41, 5.74) is 7.89. The number of hydrogen-bond donors (Lipinski definition) is 1. The van der Waals surface area contributed by atoms with Crippen molar-refractivity contribution in [1.82, 2.24) is 14.8 Å². The van der Waals surface area contributed by atoms with E-state index in [1.54, 1.807) is 11.3 Å². The van der Waals surface area contributed by atoms with Gasteiger partial charge in [0.05, 0.1) is 11.6 Å². The molecule has 2 aliphatic rings. The average Bonchev–Trinajstić information content (AvgIpc) is 3.54. The van der Waals surface area contributed by atoms with Crippen LogP contribution in [0.4, 0.5) is 5.69 Å². The highest BCUT2D eigenvalue weighted by Crippen LogP contribution is 2.41. The maximum absolute atomic E-state index is 12.3. The third-order valence-electron chi connectivity index (χ3n) is 7.67. The number of aryl methyl sites for hydroxylation is 2. The quantitative estimate of drug-likeness (QED) is 0.367. The number of rotatable bonds is 5. The zero-order valence-corrected chi connectivity index (χ0v) is 22.2. The number of fused-ring (bicyclic) bond motifs is 4. The van der Waals surface area contributed by atoms with Crippen molar-refractivity contribution < 1.29 is 9.90 Å².